The number of nitrogens with one attached hydrogen (secondary N) is 1. The van der Waals surface area contributed by atoms with Crippen molar-refractivity contribution in [2.45, 2.75) is 19.4 Å². The van der Waals surface area contributed by atoms with Crippen molar-refractivity contribution in [2.24, 2.45) is 0 Å². The Bertz CT molecular complexity index is 822. The van der Waals surface area contributed by atoms with Gasteiger partial charge in [-0.3, -0.25) is 9.59 Å². The minimum atomic E-state index is -0.269. The molecule has 7 nitrogen and oxygen atoms in total. The van der Waals surface area contributed by atoms with Crippen molar-refractivity contribution in [1.82, 2.24) is 5.32 Å². The van der Waals surface area contributed by atoms with Gasteiger partial charge in [-0.15, -0.1) is 0 Å². The maximum absolute atomic E-state index is 12.3. The molecule has 0 radical (unpaired) electrons. The minimum absolute atomic E-state index is 0.0248. The summed E-state index contributed by atoms with van der Waals surface area (Å²) in [6.07, 6.45) is 0.262. The van der Waals surface area contributed by atoms with E-state index in [-0.39, 0.29) is 30.9 Å². The minimum Gasteiger partial charge on any atom is -0.497 e. The van der Waals surface area contributed by atoms with Crippen molar-refractivity contribution in [3.8, 4) is 17.2 Å². The topological polar surface area (TPSA) is 77.1 Å². The van der Waals surface area contributed by atoms with E-state index in [1.165, 1.54) is 0 Å². The van der Waals surface area contributed by atoms with E-state index < -0.39 is 0 Å². The summed E-state index contributed by atoms with van der Waals surface area (Å²) in [5.41, 5.74) is 0.790. The lowest BCUT2D eigenvalue weighted by Crippen LogP contribution is -2.39. The molecule has 1 fully saturated rings. The number of carbonyl (C=O) groups is 2. The van der Waals surface area contributed by atoms with Crippen LogP contribution in [0.4, 0.5) is 5.69 Å². The maximum atomic E-state index is 12.3. The molecule has 2 aromatic rings. The fourth-order valence-corrected chi connectivity index (χ4v) is 3.05. The number of amides is 2. The molecular weight excluding hydrogens is 360 g/mol. The zero-order valence-corrected chi connectivity index (χ0v) is 16.0. The number of anilines is 1. The summed E-state index contributed by atoms with van der Waals surface area (Å²) >= 11 is 0. The van der Waals surface area contributed by atoms with Gasteiger partial charge in [0.1, 0.15) is 17.2 Å². The van der Waals surface area contributed by atoms with Crippen molar-refractivity contribution in [3.05, 3.63) is 48.5 Å². The van der Waals surface area contributed by atoms with Gasteiger partial charge in [0, 0.05) is 24.7 Å². The van der Waals surface area contributed by atoms with Crippen LogP contribution < -0.4 is 24.4 Å². The Balaban J connectivity index is 1.51. The van der Waals surface area contributed by atoms with E-state index in [2.05, 4.69) is 5.32 Å². The summed E-state index contributed by atoms with van der Waals surface area (Å²) in [4.78, 5) is 26.2. The fraction of sp³-hybridized carbons (Fsp3) is 0.333. The second kappa shape index (κ2) is 9.12. The molecule has 1 saturated heterocycles. The maximum Gasteiger partial charge on any atom is 0.258 e. The standard InChI is InChI=1S/C21H24N2O5/c1-3-27-17-9-7-16(8-10-17)23-13-15(11-21(23)25)22-20(24)14-28-19-6-4-5-18(12-19)26-2/h4-10,12,15H,3,11,13-14H2,1-2H3,(H,22,24). The number of nitrogens with zero attached hydrogens (tertiary/aromatic N) is 1. The molecule has 3 rings (SSSR count). The quantitative estimate of drug-likeness (QED) is 0.756. The summed E-state index contributed by atoms with van der Waals surface area (Å²) in [6, 6.07) is 14.2. The third-order valence-electron chi connectivity index (χ3n) is 4.36. The van der Waals surface area contributed by atoms with E-state index in [0.717, 1.165) is 11.4 Å². The average Bonchev–Trinajstić information content (AvgIpc) is 3.07. The third kappa shape index (κ3) is 4.94. The van der Waals surface area contributed by atoms with Gasteiger partial charge in [0.25, 0.3) is 5.91 Å². The average molecular weight is 384 g/mol. The predicted molar refractivity (Wildman–Crippen MR) is 105 cm³/mol. The molecule has 148 valence electrons. The summed E-state index contributed by atoms with van der Waals surface area (Å²) in [7, 11) is 1.57. The second-order valence-corrected chi connectivity index (χ2v) is 6.37. The molecule has 0 aliphatic carbocycles. The molecule has 2 aromatic carbocycles. The Morgan fingerprint density at radius 1 is 1.11 bits per heavy atom. The molecule has 1 aliphatic rings. The van der Waals surface area contributed by atoms with Crippen molar-refractivity contribution in [3.63, 3.8) is 0 Å². The van der Waals surface area contributed by atoms with Crippen molar-refractivity contribution < 1.29 is 23.8 Å². The second-order valence-electron chi connectivity index (χ2n) is 6.37. The Hall–Kier alpha value is -3.22. The van der Waals surface area contributed by atoms with Crippen LogP contribution in [-0.4, -0.2) is 44.7 Å². The number of hydrogen-bond donors (Lipinski definition) is 1. The largest absolute Gasteiger partial charge is 0.497 e. The van der Waals surface area contributed by atoms with E-state index in [0.29, 0.717) is 24.7 Å². The van der Waals surface area contributed by atoms with Gasteiger partial charge in [-0.25, -0.2) is 0 Å². The summed E-state index contributed by atoms with van der Waals surface area (Å²) in [5.74, 6) is 1.67. The molecule has 0 bridgehead atoms. The SMILES string of the molecule is CCOc1ccc(N2CC(NC(=O)COc3cccc(OC)c3)CC2=O)cc1. The zero-order chi connectivity index (χ0) is 19.9. The highest BCUT2D eigenvalue weighted by Gasteiger charge is 2.31. The molecule has 0 spiro atoms. The molecule has 1 atom stereocenters. The highest BCUT2D eigenvalue weighted by Crippen LogP contribution is 2.24. The Kier molecular flexibility index (Phi) is 6.37. The van der Waals surface area contributed by atoms with Gasteiger partial charge >= 0.3 is 0 Å². The lowest BCUT2D eigenvalue weighted by atomic mass is 10.2. The Morgan fingerprint density at radius 3 is 2.57 bits per heavy atom. The number of ether oxygens (including phenoxy) is 3. The molecule has 2 amide bonds. The molecule has 28 heavy (non-hydrogen) atoms. The van der Waals surface area contributed by atoms with Gasteiger partial charge in [0.05, 0.1) is 19.8 Å². The first-order chi connectivity index (χ1) is 13.6. The van der Waals surface area contributed by atoms with Crippen LogP contribution in [0, 0.1) is 0 Å². The van der Waals surface area contributed by atoms with Gasteiger partial charge in [-0.05, 0) is 43.3 Å². The van der Waals surface area contributed by atoms with Gasteiger partial charge in [0.15, 0.2) is 6.61 Å². The van der Waals surface area contributed by atoms with Gasteiger partial charge < -0.3 is 24.4 Å². The number of rotatable bonds is 8. The molecule has 7 heteroatoms. The van der Waals surface area contributed by atoms with E-state index in [9.17, 15) is 9.59 Å². The number of benzene rings is 2. The van der Waals surface area contributed by atoms with Crippen molar-refractivity contribution in [1.29, 1.82) is 0 Å². The molecule has 0 aromatic heterocycles. The first kappa shape index (κ1) is 19.5. The van der Waals surface area contributed by atoms with E-state index in [1.807, 2.05) is 31.2 Å². The van der Waals surface area contributed by atoms with Crippen LogP contribution in [0.2, 0.25) is 0 Å². The third-order valence-corrected chi connectivity index (χ3v) is 4.36. The van der Waals surface area contributed by atoms with E-state index in [1.54, 1.807) is 36.3 Å². The number of hydrogen-bond acceptors (Lipinski definition) is 5. The van der Waals surface area contributed by atoms with Crippen molar-refractivity contribution >= 4 is 17.5 Å². The molecular formula is C21H24N2O5. The van der Waals surface area contributed by atoms with Gasteiger partial charge in [-0.1, -0.05) is 6.07 Å². The predicted octanol–water partition coefficient (Wildman–Crippen LogP) is 2.39. The Morgan fingerprint density at radius 2 is 1.86 bits per heavy atom. The highest BCUT2D eigenvalue weighted by molar-refractivity contribution is 5.97. The molecule has 1 aliphatic heterocycles. The lowest BCUT2D eigenvalue weighted by molar-refractivity contribution is -0.123. The van der Waals surface area contributed by atoms with Crippen LogP contribution in [0.5, 0.6) is 17.2 Å². The molecule has 1 unspecified atom stereocenters. The monoisotopic (exact) mass is 384 g/mol. The van der Waals surface area contributed by atoms with Crippen molar-refractivity contribution in [2.75, 3.05) is 31.8 Å². The van der Waals surface area contributed by atoms with Crippen LogP contribution in [0.25, 0.3) is 0 Å². The first-order valence-corrected chi connectivity index (χ1v) is 9.18. The van der Waals surface area contributed by atoms with Gasteiger partial charge in [0.2, 0.25) is 5.91 Å². The lowest BCUT2D eigenvalue weighted by Gasteiger charge is -2.18. The smallest absolute Gasteiger partial charge is 0.258 e. The normalized spacial score (nSPS) is 16.0. The van der Waals surface area contributed by atoms with Crippen LogP contribution in [0.1, 0.15) is 13.3 Å². The van der Waals surface area contributed by atoms with Crippen LogP contribution in [-0.2, 0) is 9.59 Å². The number of carbonyl (C=O) groups excluding carboxylic acids is 2. The Labute approximate surface area is 164 Å². The summed E-state index contributed by atoms with van der Waals surface area (Å²) in [6.45, 7) is 2.82. The van der Waals surface area contributed by atoms with E-state index in [4.69, 9.17) is 14.2 Å². The fourth-order valence-electron chi connectivity index (χ4n) is 3.05. The van der Waals surface area contributed by atoms with Crippen LogP contribution in [0.3, 0.4) is 0 Å². The number of methoxy groups -OCH3 is 1. The molecule has 1 heterocycles. The zero-order valence-electron chi connectivity index (χ0n) is 16.0. The van der Waals surface area contributed by atoms with Crippen LogP contribution in [0.15, 0.2) is 48.5 Å². The first-order valence-electron chi connectivity index (χ1n) is 9.18. The molecule has 0 saturated carbocycles. The van der Waals surface area contributed by atoms with Gasteiger partial charge in [-0.2, -0.15) is 0 Å². The highest BCUT2D eigenvalue weighted by atomic mass is 16.5. The molecule has 1 N–H and O–H groups in total. The summed E-state index contributed by atoms with van der Waals surface area (Å²) < 4.78 is 16.0. The van der Waals surface area contributed by atoms with Crippen LogP contribution >= 0.6 is 0 Å². The van der Waals surface area contributed by atoms with E-state index >= 15 is 0 Å². The summed E-state index contributed by atoms with van der Waals surface area (Å²) in [5, 5.41) is 2.86.